The van der Waals surface area contributed by atoms with Crippen LogP contribution in [0.25, 0.3) is 11.3 Å². The number of nitrogens with zero attached hydrogens (tertiary/aromatic N) is 1. The number of primary amides is 1. The molecule has 0 saturated heterocycles. The number of hydrogen-bond donors (Lipinski definition) is 2. The van der Waals surface area contributed by atoms with E-state index in [0.717, 1.165) is 17.0 Å². The van der Waals surface area contributed by atoms with Gasteiger partial charge in [-0.3, -0.25) is 9.78 Å². The number of hydrogen-bond acceptors (Lipinski definition) is 2. The van der Waals surface area contributed by atoms with E-state index >= 15 is 0 Å². The van der Waals surface area contributed by atoms with Gasteiger partial charge in [-0.2, -0.15) is 0 Å². The third kappa shape index (κ3) is 2.20. The Bertz CT molecular complexity index is 529. The van der Waals surface area contributed by atoms with Crippen LogP contribution in [0.1, 0.15) is 35.8 Å². The number of H-pyrrole nitrogens is 1. The van der Waals surface area contributed by atoms with Crippen LogP contribution in [0.5, 0.6) is 0 Å². The van der Waals surface area contributed by atoms with Gasteiger partial charge in [-0.1, -0.05) is 13.8 Å². The van der Waals surface area contributed by atoms with E-state index in [9.17, 15) is 4.79 Å². The molecule has 2 aromatic rings. The van der Waals surface area contributed by atoms with E-state index in [4.69, 9.17) is 5.73 Å². The van der Waals surface area contributed by atoms with Crippen LogP contribution in [-0.4, -0.2) is 15.9 Å². The number of rotatable bonds is 3. The first-order valence-corrected chi connectivity index (χ1v) is 5.52. The van der Waals surface area contributed by atoms with Crippen molar-refractivity contribution in [1.29, 1.82) is 0 Å². The molecule has 0 fully saturated rings. The summed E-state index contributed by atoms with van der Waals surface area (Å²) in [5.41, 5.74) is 8.70. The normalized spacial score (nSPS) is 10.8. The zero-order valence-corrected chi connectivity index (χ0v) is 9.90. The van der Waals surface area contributed by atoms with E-state index in [2.05, 4.69) is 9.97 Å². The zero-order valence-electron chi connectivity index (χ0n) is 9.90. The zero-order chi connectivity index (χ0) is 12.4. The van der Waals surface area contributed by atoms with Crippen molar-refractivity contribution in [3.05, 3.63) is 41.9 Å². The van der Waals surface area contributed by atoms with Crippen LogP contribution in [0.15, 0.2) is 30.6 Å². The summed E-state index contributed by atoms with van der Waals surface area (Å²) in [6.45, 7) is 4.04. The third-order valence-corrected chi connectivity index (χ3v) is 2.68. The molecule has 0 atom stereocenters. The van der Waals surface area contributed by atoms with Crippen LogP contribution in [0.3, 0.4) is 0 Å². The van der Waals surface area contributed by atoms with E-state index in [1.54, 1.807) is 18.5 Å². The van der Waals surface area contributed by atoms with Crippen molar-refractivity contribution in [2.75, 3.05) is 0 Å². The number of amides is 1. The van der Waals surface area contributed by atoms with Gasteiger partial charge in [0.2, 0.25) is 0 Å². The maximum atomic E-state index is 11.4. The second-order valence-corrected chi connectivity index (χ2v) is 4.27. The first-order valence-electron chi connectivity index (χ1n) is 5.52. The molecule has 0 unspecified atom stereocenters. The van der Waals surface area contributed by atoms with E-state index < -0.39 is 5.91 Å². The molecule has 0 aliphatic heterocycles. The predicted octanol–water partition coefficient (Wildman–Crippen LogP) is 2.30. The molecular formula is C13H15N3O. The lowest BCUT2D eigenvalue weighted by molar-refractivity contribution is 0.0999. The number of nitrogens with two attached hydrogens (primary N) is 1. The Morgan fingerprint density at radius 3 is 2.47 bits per heavy atom. The maximum absolute atomic E-state index is 11.4. The van der Waals surface area contributed by atoms with Crippen molar-refractivity contribution >= 4 is 5.91 Å². The fourth-order valence-electron chi connectivity index (χ4n) is 1.82. The number of aromatic nitrogens is 2. The van der Waals surface area contributed by atoms with Gasteiger partial charge in [0.1, 0.15) is 0 Å². The van der Waals surface area contributed by atoms with Gasteiger partial charge in [0.15, 0.2) is 0 Å². The second kappa shape index (κ2) is 4.41. The molecule has 2 heterocycles. The van der Waals surface area contributed by atoms with E-state index in [1.165, 1.54) is 0 Å². The second-order valence-electron chi connectivity index (χ2n) is 4.27. The molecule has 1 amide bonds. The van der Waals surface area contributed by atoms with Gasteiger partial charge in [0, 0.05) is 29.3 Å². The topological polar surface area (TPSA) is 71.8 Å². The average Bonchev–Trinajstić information content (AvgIpc) is 2.75. The Balaban J connectivity index is 2.51. The number of nitrogens with one attached hydrogen (secondary N) is 1. The first-order chi connectivity index (χ1) is 8.09. The molecule has 0 spiro atoms. The molecule has 0 radical (unpaired) electrons. The molecular weight excluding hydrogens is 214 g/mol. The van der Waals surface area contributed by atoms with Gasteiger partial charge >= 0.3 is 0 Å². The fraction of sp³-hybridized carbons (Fsp3) is 0.231. The van der Waals surface area contributed by atoms with Crippen molar-refractivity contribution in [2.24, 2.45) is 5.73 Å². The number of carbonyl (C=O) groups excluding carboxylic acids is 1. The quantitative estimate of drug-likeness (QED) is 0.847. The molecule has 2 aromatic heterocycles. The molecule has 3 N–H and O–H groups in total. The van der Waals surface area contributed by atoms with Crippen molar-refractivity contribution < 1.29 is 4.79 Å². The van der Waals surface area contributed by atoms with Crippen LogP contribution < -0.4 is 5.73 Å². The minimum absolute atomic E-state index is 0.230. The van der Waals surface area contributed by atoms with E-state index in [-0.39, 0.29) is 5.92 Å². The van der Waals surface area contributed by atoms with Crippen molar-refractivity contribution in [1.82, 2.24) is 9.97 Å². The van der Waals surface area contributed by atoms with Gasteiger partial charge in [-0.15, -0.1) is 0 Å². The summed E-state index contributed by atoms with van der Waals surface area (Å²) in [5.74, 6) is -0.168. The molecule has 2 rings (SSSR count). The SMILES string of the molecule is CC(C)c1[nH]c(-c2ccncc2)cc1C(N)=O. The molecule has 0 aromatic carbocycles. The Morgan fingerprint density at radius 2 is 2.00 bits per heavy atom. The molecule has 17 heavy (non-hydrogen) atoms. The van der Waals surface area contributed by atoms with E-state index in [0.29, 0.717) is 5.56 Å². The highest BCUT2D eigenvalue weighted by atomic mass is 16.1. The van der Waals surface area contributed by atoms with Crippen LogP contribution in [0, 0.1) is 0 Å². The van der Waals surface area contributed by atoms with Gasteiger partial charge in [0.25, 0.3) is 5.91 Å². The molecule has 0 bridgehead atoms. The highest BCUT2D eigenvalue weighted by molar-refractivity contribution is 5.95. The molecule has 0 aliphatic carbocycles. The number of pyridine rings is 1. The smallest absolute Gasteiger partial charge is 0.250 e. The van der Waals surface area contributed by atoms with Crippen molar-refractivity contribution in [3.63, 3.8) is 0 Å². The minimum Gasteiger partial charge on any atom is -0.366 e. The van der Waals surface area contributed by atoms with Crippen molar-refractivity contribution in [3.8, 4) is 11.3 Å². The average molecular weight is 229 g/mol. The lowest BCUT2D eigenvalue weighted by atomic mass is 10.1. The largest absolute Gasteiger partial charge is 0.366 e. The fourth-order valence-corrected chi connectivity index (χ4v) is 1.82. The molecule has 0 saturated carbocycles. The van der Waals surface area contributed by atoms with E-state index in [1.807, 2.05) is 26.0 Å². The summed E-state index contributed by atoms with van der Waals surface area (Å²) in [7, 11) is 0. The number of aromatic amines is 1. The van der Waals surface area contributed by atoms with Gasteiger partial charge in [-0.25, -0.2) is 0 Å². The van der Waals surface area contributed by atoms with Gasteiger partial charge in [0.05, 0.1) is 5.56 Å². The maximum Gasteiger partial charge on any atom is 0.250 e. The summed E-state index contributed by atoms with van der Waals surface area (Å²) in [4.78, 5) is 18.6. The monoisotopic (exact) mass is 229 g/mol. The van der Waals surface area contributed by atoms with Crippen LogP contribution in [0.4, 0.5) is 0 Å². The van der Waals surface area contributed by atoms with Gasteiger partial charge < -0.3 is 10.7 Å². The Kier molecular flexibility index (Phi) is 2.95. The minimum atomic E-state index is -0.398. The molecule has 4 nitrogen and oxygen atoms in total. The van der Waals surface area contributed by atoms with Crippen LogP contribution in [0.2, 0.25) is 0 Å². The first kappa shape index (κ1) is 11.4. The molecule has 0 aliphatic rings. The van der Waals surface area contributed by atoms with Crippen molar-refractivity contribution in [2.45, 2.75) is 19.8 Å². The lowest BCUT2D eigenvalue weighted by Crippen LogP contribution is -2.12. The lowest BCUT2D eigenvalue weighted by Gasteiger charge is -2.03. The van der Waals surface area contributed by atoms with Crippen LogP contribution >= 0.6 is 0 Å². The standard InChI is InChI=1S/C13H15N3O/c1-8(2)12-10(13(14)17)7-11(16-12)9-3-5-15-6-4-9/h3-8,16H,1-2H3,(H2,14,17). The Hall–Kier alpha value is -2.10. The predicted molar refractivity (Wildman–Crippen MR) is 66.6 cm³/mol. The molecule has 4 heteroatoms. The summed E-state index contributed by atoms with van der Waals surface area (Å²) in [5, 5.41) is 0. The summed E-state index contributed by atoms with van der Waals surface area (Å²) in [6, 6.07) is 5.58. The third-order valence-electron chi connectivity index (χ3n) is 2.68. The Labute approximate surface area is 99.9 Å². The summed E-state index contributed by atoms with van der Waals surface area (Å²) < 4.78 is 0. The van der Waals surface area contributed by atoms with Gasteiger partial charge in [-0.05, 0) is 24.1 Å². The molecule has 88 valence electrons. The Morgan fingerprint density at radius 1 is 1.35 bits per heavy atom. The summed E-state index contributed by atoms with van der Waals surface area (Å²) in [6.07, 6.45) is 3.43. The highest BCUT2D eigenvalue weighted by Crippen LogP contribution is 2.25. The highest BCUT2D eigenvalue weighted by Gasteiger charge is 2.15. The van der Waals surface area contributed by atoms with Crippen LogP contribution in [-0.2, 0) is 0 Å². The summed E-state index contributed by atoms with van der Waals surface area (Å²) >= 11 is 0. The number of carbonyl (C=O) groups is 1.